The first-order valence-corrected chi connectivity index (χ1v) is 7.81. The minimum absolute atomic E-state index is 0.109. The maximum atomic E-state index is 12.9. The second-order valence-corrected chi connectivity index (χ2v) is 6.41. The Morgan fingerprint density at radius 1 is 1.21 bits per heavy atom. The molecule has 4 heteroatoms. The first-order valence-electron chi connectivity index (χ1n) is 7.81. The van der Waals surface area contributed by atoms with Crippen LogP contribution in [0.4, 0.5) is 0 Å². The van der Waals surface area contributed by atoms with Crippen LogP contribution in [0, 0.1) is 5.92 Å². The molecule has 1 spiro atoms. The van der Waals surface area contributed by atoms with Crippen molar-refractivity contribution in [1.82, 2.24) is 10.2 Å². The molecule has 1 heterocycles. The molecular formula is C15H24N2O2. The maximum Gasteiger partial charge on any atom is 0.249 e. The number of nitrogens with one attached hydrogen (secondary N) is 1. The van der Waals surface area contributed by atoms with Gasteiger partial charge in [-0.1, -0.05) is 26.2 Å². The molecule has 2 saturated carbocycles. The highest BCUT2D eigenvalue weighted by Crippen LogP contribution is 2.41. The monoisotopic (exact) mass is 264 g/mol. The lowest BCUT2D eigenvalue weighted by atomic mass is 9.78. The maximum absolute atomic E-state index is 12.9. The normalized spacial score (nSPS) is 30.6. The molecule has 0 aromatic carbocycles. The zero-order valence-electron chi connectivity index (χ0n) is 11.8. The van der Waals surface area contributed by atoms with Gasteiger partial charge in [0.15, 0.2) is 0 Å². The number of hydrogen-bond donors (Lipinski definition) is 1. The standard InChI is InChI=1S/C15H24N2O2/c1-2-10-17-12(11-6-7-11)13(18)16-15(14(17)19)8-4-3-5-9-15/h11-12H,2-10H2,1H3,(H,16,18). The SMILES string of the molecule is CCCN1C(=O)C2(CCCCC2)NC(=O)C1C1CC1. The zero-order chi connectivity index (χ0) is 13.5. The molecule has 2 amide bonds. The Morgan fingerprint density at radius 2 is 1.89 bits per heavy atom. The smallest absolute Gasteiger partial charge is 0.249 e. The zero-order valence-corrected chi connectivity index (χ0v) is 11.8. The van der Waals surface area contributed by atoms with Crippen LogP contribution in [-0.2, 0) is 9.59 Å². The summed E-state index contributed by atoms with van der Waals surface area (Å²) in [4.78, 5) is 27.3. The summed E-state index contributed by atoms with van der Waals surface area (Å²) in [5, 5.41) is 3.11. The third kappa shape index (κ3) is 2.15. The minimum atomic E-state index is -0.560. The van der Waals surface area contributed by atoms with Crippen molar-refractivity contribution in [3.8, 4) is 0 Å². The van der Waals surface area contributed by atoms with Crippen LogP contribution in [0.25, 0.3) is 0 Å². The predicted molar refractivity (Wildman–Crippen MR) is 72.5 cm³/mol. The number of carbonyl (C=O) groups excluding carboxylic acids is 2. The van der Waals surface area contributed by atoms with E-state index in [0.29, 0.717) is 5.92 Å². The van der Waals surface area contributed by atoms with E-state index >= 15 is 0 Å². The van der Waals surface area contributed by atoms with Crippen LogP contribution < -0.4 is 5.32 Å². The lowest BCUT2D eigenvalue weighted by Crippen LogP contribution is -2.71. The summed E-state index contributed by atoms with van der Waals surface area (Å²) in [6.07, 6.45) is 8.07. The van der Waals surface area contributed by atoms with Crippen LogP contribution >= 0.6 is 0 Å². The number of rotatable bonds is 3. The topological polar surface area (TPSA) is 49.4 Å². The highest BCUT2D eigenvalue weighted by atomic mass is 16.2. The van der Waals surface area contributed by atoms with Crippen molar-refractivity contribution in [2.45, 2.75) is 69.9 Å². The average molecular weight is 264 g/mol. The molecule has 2 aliphatic carbocycles. The highest BCUT2D eigenvalue weighted by Gasteiger charge is 2.54. The van der Waals surface area contributed by atoms with Crippen molar-refractivity contribution >= 4 is 11.8 Å². The van der Waals surface area contributed by atoms with Crippen LogP contribution in [0.15, 0.2) is 0 Å². The number of amides is 2. The lowest BCUT2D eigenvalue weighted by Gasteiger charge is -2.47. The van der Waals surface area contributed by atoms with E-state index in [1.165, 1.54) is 6.42 Å². The van der Waals surface area contributed by atoms with E-state index in [4.69, 9.17) is 0 Å². The Hall–Kier alpha value is -1.06. The molecule has 1 atom stereocenters. The Bertz CT molecular complexity index is 384. The summed E-state index contributed by atoms with van der Waals surface area (Å²) in [6, 6.07) is -0.181. The van der Waals surface area contributed by atoms with Crippen molar-refractivity contribution in [2.75, 3.05) is 6.54 Å². The quantitative estimate of drug-likeness (QED) is 0.845. The second kappa shape index (κ2) is 4.80. The molecular weight excluding hydrogens is 240 g/mol. The average Bonchev–Trinajstić information content (AvgIpc) is 3.21. The summed E-state index contributed by atoms with van der Waals surface area (Å²) in [6.45, 7) is 2.81. The van der Waals surface area contributed by atoms with Gasteiger partial charge < -0.3 is 10.2 Å². The van der Waals surface area contributed by atoms with E-state index < -0.39 is 5.54 Å². The van der Waals surface area contributed by atoms with E-state index in [9.17, 15) is 9.59 Å². The summed E-state index contributed by atoms with van der Waals surface area (Å²) in [5.74, 6) is 0.722. The fourth-order valence-electron chi connectivity index (χ4n) is 3.76. The highest BCUT2D eigenvalue weighted by molar-refractivity contribution is 6.00. The van der Waals surface area contributed by atoms with Gasteiger partial charge in [0, 0.05) is 6.54 Å². The van der Waals surface area contributed by atoms with Crippen LogP contribution in [0.2, 0.25) is 0 Å². The van der Waals surface area contributed by atoms with Crippen molar-refractivity contribution in [2.24, 2.45) is 5.92 Å². The van der Waals surface area contributed by atoms with Crippen LogP contribution in [0.1, 0.15) is 58.3 Å². The molecule has 3 fully saturated rings. The van der Waals surface area contributed by atoms with Crippen molar-refractivity contribution in [3.63, 3.8) is 0 Å². The molecule has 1 aliphatic heterocycles. The number of nitrogens with zero attached hydrogens (tertiary/aromatic N) is 1. The van der Waals surface area contributed by atoms with Crippen LogP contribution in [0.5, 0.6) is 0 Å². The van der Waals surface area contributed by atoms with Gasteiger partial charge in [0.1, 0.15) is 11.6 Å². The van der Waals surface area contributed by atoms with E-state index in [2.05, 4.69) is 12.2 Å². The van der Waals surface area contributed by atoms with Gasteiger partial charge >= 0.3 is 0 Å². The van der Waals surface area contributed by atoms with Gasteiger partial charge in [-0.2, -0.15) is 0 Å². The molecule has 106 valence electrons. The molecule has 4 nitrogen and oxygen atoms in total. The Labute approximate surface area is 114 Å². The third-order valence-corrected chi connectivity index (χ3v) is 4.88. The van der Waals surface area contributed by atoms with Crippen molar-refractivity contribution in [1.29, 1.82) is 0 Å². The minimum Gasteiger partial charge on any atom is -0.340 e. The number of carbonyl (C=O) groups is 2. The van der Waals surface area contributed by atoms with Crippen molar-refractivity contribution in [3.05, 3.63) is 0 Å². The van der Waals surface area contributed by atoms with E-state index in [0.717, 1.165) is 51.5 Å². The molecule has 0 radical (unpaired) electrons. The lowest BCUT2D eigenvalue weighted by molar-refractivity contribution is -0.157. The van der Waals surface area contributed by atoms with Crippen LogP contribution in [-0.4, -0.2) is 34.8 Å². The molecule has 0 aromatic rings. The van der Waals surface area contributed by atoms with Gasteiger partial charge in [-0.25, -0.2) is 0 Å². The fraction of sp³-hybridized carbons (Fsp3) is 0.867. The first-order chi connectivity index (χ1) is 9.18. The van der Waals surface area contributed by atoms with Gasteiger partial charge in [-0.05, 0) is 38.0 Å². The molecule has 0 bridgehead atoms. The van der Waals surface area contributed by atoms with E-state index in [-0.39, 0.29) is 17.9 Å². The van der Waals surface area contributed by atoms with E-state index in [1.54, 1.807) is 0 Å². The van der Waals surface area contributed by atoms with E-state index in [1.807, 2.05) is 4.90 Å². The molecule has 3 rings (SSSR count). The summed E-state index contributed by atoms with van der Waals surface area (Å²) in [7, 11) is 0. The molecule has 1 N–H and O–H groups in total. The summed E-state index contributed by atoms with van der Waals surface area (Å²) in [5.41, 5.74) is -0.560. The Morgan fingerprint density at radius 3 is 2.47 bits per heavy atom. The largest absolute Gasteiger partial charge is 0.340 e. The van der Waals surface area contributed by atoms with Crippen LogP contribution in [0.3, 0.4) is 0 Å². The molecule has 1 saturated heterocycles. The second-order valence-electron chi connectivity index (χ2n) is 6.41. The van der Waals surface area contributed by atoms with Crippen molar-refractivity contribution < 1.29 is 9.59 Å². The Kier molecular flexibility index (Phi) is 3.27. The van der Waals surface area contributed by atoms with Gasteiger partial charge in [0.2, 0.25) is 11.8 Å². The summed E-state index contributed by atoms with van der Waals surface area (Å²) < 4.78 is 0. The molecule has 0 aromatic heterocycles. The number of hydrogen-bond acceptors (Lipinski definition) is 2. The fourth-order valence-corrected chi connectivity index (χ4v) is 3.76. The molecule has 19 heavy (non-hydrogen) atoms. The van der Waals surface area contributed by atoms with Gasteiger partial charge in [0.05, 0.1) is 0 Å². The van der Waals surface area contributed by atoms with Gasteiger partial charge in [0.25, 0.3) is 0 Å². The number of piperazine rings is 1. The van der Waals surface area contributed by atoms with Gasteiger partial charge in [-0.3, -0.25) is 9.59 Å². The molecule has 1 unspecified atom stereocenters. The van der Waals surface area contributed by atoms with Gasteiger partial charge in [-0.15, -0.1) is 0 Å². The molecule has 3 aliphatic rings. The Balaban J connectivity index is 1.86. The summed E-state index contributed by atoms with van der Waals surface area (Å²) >= 11 is 0. The predicted octanol–water partition coefficient (Wildman–Crippen LogP) is 1.84. The first kappa shape index (κ1) is 12.9. The third-order valence-electron chi connectivity index (χ3n) is 4.88.